The molecule has 2 rings (SSSR count). The molecule has 0 atom stereocenters. The Hall–Kier alpha value is -0.870. The third kappa shape index (κ3) is 4.05. The number of hydrogen-bond acceptors (Lipinski definition) is 3. The van der Waals surface area contributed by atoms with Crippen molar-refractivity contribution >= 4 is 0 Å². The van der Waals surface area contributed by atoms with Gasteiger partial charge in [0.25, 0.3) is 0 Å². The number of aromatic nitrogens is 2. The maximum atomic E-state index is 4.41. The lowest BCUT2D eigenvalue weighted by Crippen LogP contribution is -2.39. The van der Waals surface area contributed by atoms with Gasteiger partial charge in [0, 0.05) is 36.9 Å². The molecule has 1 aromatic rings. The van der Waals surface area contributed by atoms with Crippen molar-refractivity contribution in [2.75, 3.05) is 14.1 Å². The maximum absolute atomic E-state index is 4.41. The Bertz CT molecular complexity index is 366. The van der Waals surface area contributed by atoms with Crippen molar-refractivity contribution in [1.29, 1.82) is 0 Å². The van der Waals surface area contributed by atoms with E-state index in [0.29, 0.717) is 0 Å². The zero-order valence-corrected chi connectivity index (χ0v) is 12.6. The summed E-state index contributed by atoms with van der Waals surface area (Å²) >= 11 is 0. The molecule has 0 aliphatic heterocycles. The Kier molecular flexibility index (Phi) is 5.40. The monoisotopic (exact) mass is 264 g/mol. The third-order valence-corrected chi connectivity index (χ3v) is 4.30. The first-order valence-corrected chi connectivity index (χ1v) is 7.61. The van der Waals surface area contributed by atoms with Crippen LogP contribution < -0.4 is 5.32 Å². The lowest BCUT2D eigenvalue weighted by molar-refractivity contribution is 0.170. The molecule has 19 heavy (non-hydrogen) atoms. The van der Waals surface area contributed by atoms with Crippen LogP contribution in [0, 0.1) is 0 Å². The highest BCUT2D eigenvalue weighted by atomic mass is 15.3. The summed E-state index contributed by atoms with van der Waals surface area (Å²) in [6.45, 7) is 4.24. The topological polar surface area (TPSA) is 33.1 Å². The van der Waals surface area contributed by atoms with E-state index < -0.39 is 0 Å². The molecular formula is C15H28N4. The summed E-state index contributed by atoms with van der Waals surface area (Å²) < 4.78 is 2.06. The van der Waals surface area contributed by atoms with E-state index in [1.807, 2.05) is 6.20 Å². The number of nitrogens with zero attached hydrogens (tertiary/aromatic N) is 3. The second-order valence-electron chi connectivity index (χ2n) is 5.82. The van der Waals surface area contributed by atoms with Crippen LogP contribution in [-0.2, 0) is 13.1 Å². The normalized spacial score (nSPS) is 24.0. The number of aryl methyl sites for hydroxylation is 1. The molecule has 0 saturated heterocycles. The summed E-state index contributed by atoms with van der Waals surface area (Å²) in [5.41, 5.74) is 1.34. The van der Waals surface area contributed by atoms with Crippen molar-refractivity contribution in [2.45, 2.75) is 64.2 Å². The van der Waals surface area contributed by atoms with Gasteiger partial charge < -0.3 is 5.32 Å². The summed E-state index contributed by atoms with van der Waals surface area (Å²) in [6.07, 6.45) is 10.6. The predicted octanol–water partition coefficient (Wildman–Crippen LogP) is 2.26. The van der Waals surface area contributed by atoms with Crippen molar-refractivity contribution in [3.8, 4) is 0 Å². The second kappa shape index (κ2) is 7.06. The molecular weight excluding hydrogens is 236 g/mol. The van der Waals surface area contributed by atoms with Gasteiger partial charge in [-0.1, -0.05) is 6.92 Å². The van der Waals surface area contributed by atoms with Gasteiger partial charge in [0.15, 0.2) is 0 Å². The van der Waals surface area contributed by atoms with Crippen LogP contribution >= 0.6 is 0 Å². The minimum atomic E-state index is 0.733. The van der Waals surface area contributed by atoms with Crippen molar-refractivity contribution in [1.82, 2.24) is 20.0 Å². The van der Waals surface area contributed by atoms with Crippen LogP contribution in [0.2, 0.25) is 0 Å². The fourth-order valence-electron chi connectivity index (χ4n) is 3.06. The molecule has 0 aromatic carbocycles. The van der Waals surface area contributed by atoms with E-state index in [2.05, 4.69) is 47.2 Å². The minimum Gasteiger partial charge on any atom is -0.317 e. The Balaban J connectivity index is 1.81. The fraction of sp³-hybridized carbons (Fsp3) is 0.800. The smallest absolute Gasteiger partial charge is 0.0534 e. The molecule has 0 amide bonds. The van der Waals surface area contributed by atoms with Crippen molar-refractivity contribution in [2.24, 2.45) is 0 Å². The lowest BCUT2D eigenvalue weighted by Gasteiger charge is -2.34. The lowest BCUT2D eigenvalue weighted by atomic mass is 9.90. The highest BCUT2D eigenvalue weighted by molar-refractivity contribution is 5.04. The van der Waals surface area contributed by atoms with Crippen molar-refractivity contribution in [3.63, 3.8) is 0 Å². The second-order valence-corrected chi connectivity index (χ2v) is 5.82. The molecule has 1 saturated carbocycles. The molecule has 0 unspecified atom stereocenters. The molecule has 1 heterocycles. The molecule has 4 nitrogen and oxygen atoms in total. The minimum absolute atomic E-state index is 0.733. The van der Waals surface area contributed by atoms with E-state index in [1.165, 1.54) is 31.2 Å². The predicted molar refractivity (Wildman–Crippen MR) is 79.1 cm³/mol. The Labute approximate surface area is 117 Å². The number of nitrogens with one attached hydrogen (secondary N) is 1. The van der Waals surface area contributed by atoms with Gasteiger partial charge in [-0.15, -0.1) is 0 Å². The molecule has 4 heteroatoms. The van der Waals surface area contributed by atoms with Gasteiger partial charge in [-0.05, 0) is 46.2 Å². The van der Waals surface area contributed by atoms with Gasteiger partial charge >= 0.3 is 0 Å². The van der Waals surface area contributed by atoms with Crippen LogP contribution in [0.15, 0.2) is 12.4 Å². The number of rotatable bonds is 6. The first kappa shape index (κ1) is 14.5. The van der Waals surface area contributed by atoms with Gasteiger partial charge in [0.05, 0.1) is 6.20 Å². The molecule has 1 fully saturated rings. The molecule has 1 aliphatic carbocycles. The Morgan fingerprint density at radius 3 is 2.74 bits per heavy atom. The zero-order chi connectivity index (χ0) is 13.7. The van der Waals surface area contributed by atoms with Gasteiger partial charge in [0.1, 0.15) is 0 Å². The van der Waals surface area contributed by atoms with Gasteiger partial charge in [-0.2, -0.15) is 5.10 Å². The standard InChI is InChI=1S/C15H28N4/c1-4-9-19-12-13(10-17-19)11-18(3)15-7-5-14(16-2)6-8-15/h10,12,14-16H,4-9,11H2,1-3H3. The summed E-state index contributed by atoms with van der Waals surface area (Å²) in [5, 5.41) is 7.81. The zero-order valence-electron chi connectivity index (χ0n) is 12.6. The van der Waals surface area contributed by atoms with Gasteiger partial charge in [-0.3, -0.25) is 9.58 Å². The van der Waals surface area contributed by atoms with Crippen LogP contribution in [0.1, 0.15) is 44.6 Å². The first-order valence-electron chi connectivity index (χ1n) is 7.61. The van der Waals surface area contributed by atoms with E-state index in [1.54, 1.807) is 0 Å². The summed E-state index contributed by atoms with van der Waals surface area (Å²) in [4.78, 5) is 2.50. The average Bonchev–Trinajstić information content (AvgIpc) is 2.86. The van der Waals surface area contributed by atoms with Crippen LogP contribution in [0.25, 0.3) is 0 Å². The Morgan fingerprint density at radius 2 is 2.11 bits per heavy atom. The third-order valence-electron chi connectivity index (χ3n) is 4.30. The van der Waals surface area contributed by atoms with Gasteiger partial charge in [-0.25, -0.2) is 0 Å². The van der Waals surface area contributed by atoms with Crippen LogP contribution in [0.3, 0.4) is 0 Å². The van der Waals surface area contributed by atoms with Crippen molar-refractivity contribution in [3.05, 3.63) is 18.0 Å². The SMILES string of the molecule is CCCn1cc(CN(C)C2CCC(NC)CC2)cn1. The first-order chi connectivity index (χ1) is 9.22. The summed E-state index contributed by atoms with van der Waals surface area (Å²) in [6, 6.07) is 1.47. The highest BCUT2D eigenvalue weighted by Crippen LogP contribution is 2.23. The van der Waals surface area contributed by atoms with E-state index in [4.69, 9.17) is 0 Å². The molecule has 108 valence electrons. The average molecular weight is 264 g/mol. The van der Waals surface area contributed by atoms with E-state index in [0.717, 1.165) is 31.6 Å². The summed E-state index contributed by atoms with van der Waals surface area (Å²) in [5.74, 6) is 0. The highest BCUT2D eigenvalue weighted by Gasteiger charge is 2.23. The molecule has 1 aromatic heterocycles. The van der Waals surface area contributed by atoms with Crippen LogP contribution in [-0.4, -0.2) is 40.9 Å². The molecule has 1 N–H and O–H groups in total. The molecule has 0 radical (unpaired) electrons. The molecule has 1 aliphatic rings. The van der Waals surface area contributed by atoms with Gasteiger partial charge in [0.2, 0.25) is 0 Å². The van der Waals surface area contributed by atoms with Crippen LogP contribution in [0.4, 0.5) is 0 Å². The summed E-state index contributed by atoms with van der Waals surface area (Å²) in [7, 11) is 4.33. The molecule has 0 bridgehead atoms. The fourth-order valence-corrected chi connectivity index (χ4v) is 3.06. The van der Waals surface area contributed by atoms with E-state index in [9.17, 15) is 0 Å². The van der Waals surface area contributed by atoms with E-state index in [-0.39, 0.29) is 0 Å². The quantitative estimate of drug-likeness (QED) is 0.855. The van der Waals surface area contributed by atoms with E-state index >= 15 is 0 Å². The number of hydrogen-bond donors (Lipinski definition) is 1. The molecule has 0 spiro atoms. The van der Waals surface area contributed by atoms with Crippen molar-refractivity contribution < 1.29 is 0 Å². The van der Waals surface area contributed by atoms with Crippen LogP contribution in [0.5, 0.6) is 0 Å². The largest absolute Gasteiger partial charge is 0.317 e. The maximum Gasteiger partial charge on any atom is 0.0534 e. The Morgan fingerprint density at radius 1 is 1.37 bits per heavy atom.